The second kappa shape index (κ2) is 7.83. The van der Waals surface area contributed by atoms with Crippen LogP contribution in [0, 0.1) is 11.3 Å². The van der Waals surface area contributed by atoms with Gasteiger partial charge < -0.3 is 10.2 Å². The highest BCUT2D eigenvalue weighted by molar-refractivity contribution is 5.14. The average molecular weight is 231 g/mol. The van der Waals surface area contributed by atoms with Gasteiger partial charge in [0.05, 0.1) is 12.1 Å². The van der Waals surface area contributed by atoms with Crippen LogP contribution in [0.4, 0.5) is 0 Å². The maximum atomic E-state index is 8.82. The van der Waals surface area contributed by atoms with Crippen LogP contribution in [0.5, 0.6) is 0 Å². The smallest absolute Gasteiger partial charge is 0.0962 e. The number of hydrogen-bond acceptors (Lipinski definition) is 3. The van der Waals surface area contributed by atoms with Crippen LogP contribution in [0.2, 0.25) is 0 Å². The lowest BCUT2D eigenvalue weighted by Crippen LogP contribution is -2.30. The predicted octanol–water partition coefficient (Wildman–Crippen LogP) is 1.66. The molecule has 17 heavy (non-hydrogen) atoms. The SMILES string of the molecule is CNC(C#N)CCN(C)CCc1ccccc1. The summed E-state index contributed by atoms with van der Waals surface area (Å²) >= 11 is 0. The molecule has 1 atom stereocenters. The third-order valence-corrected chi connectivity index (χ3v) is 2.93. The highest BCUT2D eigenvalue weighted by atomic mass is 15.1. The number of hydrogen-bond donors (Lipinski definition) is 1. The number of nitrogens with zero attached hydrogens (tertiary/aromatic N) is 2. The average Bonchev–Trinajstić information content (AvgIpc) is 2.39. The maximum absolute atomic E-state index is 8.82. The first-order chi connectivity index (χ1) is 8.26. The first-order valence-electron chi connectivity index (χ1n) is 6.05. The molecule has 0 spiro atoms. The van der Waals surface area contributed by atoms with Gasteiger partial charge in [0.15, 0.2) is 0 Å². The van der Waals surface area contributed by atoms with Gasteiger partial charge in [-0.05, 0) is 32.5 Å². The number of benzene rings is 1. The normalized spacial score (nSPS) is 12.4. The second-order valence-electron chi connectivity index (χ2n) is 4.30. The summed E-state index contributed by atoms with van der Waals surface area (Å²) in [6.07, 6.45) is 1.94. The van der Waals surface area contributed by atoms with Crippen LogP contribution in [0.3, 0.4) is 0 Å². The molecule has 92 valence electrons. The standard InChI is InChI=1S/C14H21N3/c1-16-14(12-15)9-11-17(2)10-8-13-6-4-3-5-7-13/h3-7,14,16H,8-11H2,1-2H3. The Bertz CT molecular complexity index is 342. The van der Waals surface area contributed by atoms with Crippen LogP contribution in [0.1, 0.15) is 12.0 Å². The summed E-state index contributed by atoms with van der Waals surface area (Å²) < 4.78 is 0. The van der Waals surface area contributed by atoms with Crippen LogP contribution in [0.15, 0.2) is 30.3 Å². The van der Waals surface area contributed by atoms with E-state index in [9.17, 15) is 0 Å². The van der Waals surface area contributed by atoms with E-state index in [0.717, 1.165) is 25.9 Å². The second-order valence-corrected chi connectivity index (χ2v) is 4.30. The Morgan fingerprint density at radius 2 is 2.00 bits per heavy atom. The summed E-state index contributed by atoms with van der Waals surface area (Å²) in [5, 5.41) is 11.8. The quantitative estimate of drug-likeness (QED) is 0.775. The van der Waals surface area contributed by atoms with Gasteiger partial charge in [-0.25, -0.2) is 0 Å². The van der Waals surface area contributed by atoms with E-state index in [4.69, 9.17) is 5.26 Å². The van der Waals surface area contributed by atoms with Gasteiger partial charge in [0.2, 0.25) is 0 Å². The molecule has 1 unspecified atom stereocenters. The van der Waals surface area contributed by atoms with E-state index in [2.05, 4.69) is 47.6 Å². The van der Waals surface area contributed by atoms with Crippen molar-refractivity contribution in [3.05, 3.63) is 35.9 Å². The monoisotopic (exact) mass is 231 g/mol. The molecule has 0 saturated carbocycles. The Morgan fingerprint density at radius 1 is 1.29 bits per heavy atom. The zero-order valence-corrected chi connectivity index (χ0v) is 10.7. The molecule has 1 aromatic carbocycles. The predicted molar refractivity (Wildman–Crippen MR) is 70.7 cm³/mol. The van der Waals surface area contributed by atoms with Crippen molar-refractivity contribution < 1.29 is 0 Å². The molecule has 1 N–H and O–H groups in total. The molecule has 3 nitrogen and oxygen atoms in total. The van der Waals surface area contributed by atoms with E-state index < -0.39 is 0 Å². The zero-order chi connectivity index (χ0) is 12.5. The highest BCUT2D eigenvalue weighted by Gasteiger charge is 2.05. The van der Waals surface area contributed by atoms with Gasteiger partial charge in [0.1, 0.15) is 0 Å². The van der Waals surface area contributed by atoms with Gasteiger partial charge in [0.25, 0.3) is 0 Å². The fourth-order valence-electron chi connectivity index (χ4n) is 1.70. The molecule has 0 saturated heterocycles. The molecule has 0 aliphatic rings. The number of nitrogens with one attached hydrogen (secondary N) is 1. The number of nitriles is 1. The lowest BCUT2D eigenvalue weighted by molar-refractivity contribution is 0.324. The minimum atomic E-state index is -0.0332. The van der Waals surface area contributed by atoms with Gasteiger partial charge in [-0.1, -0.05) is 30.3 Å². The first-order valence-corrected chi connectivity index (χ1v) is 6.05. The summed E-state index contributed by atoms with van der Waals surface area (Å²) in [7, 11) is 3.94. The lowest BCUT2D eigenvalue weighted by Gasteiger charge is -2.18. The first kappa shape index (κ1) is 13.7. The molecular formula is C14H21N3. The van der Waals surface area contributed by atoms with Gasteiger partial charge in [-0.2, -0.15) is 5.26 Å². The van der Waals surface area contributed by atoms with Gasteiger partial charge in [-0.15, -0.1) is 0 Å². The van der Waals surface area contributed by atoms with Crippen molar-refractivity contribution >= 4 is 0 Å². The summed E-state index contributed by atoms with van der Waals surface area (Å²) in [5.41, 5.74) is 1.37. The molecule has 0 heterocycles. The van der Waals surface area contributed by atoms with Gasteiger partial charge >= 0.3 is 0 Å². The molecule has 0 aliphatic carbocycles. The number of likely N-dealkylation sites (N-methyl/N-ethyl adjacent to an activating group) is 1. The van der Waals surface area contributed by atoms with Gasteiger partial charge in [-0.3, -0.25) is 0 Å². The molecule has 0 amide bonds. The third-order valence-electron chi connectivity index (χ3n) is 2.93. The van der Waals surface area contributed by atoms with Crippen molar-refractivity contribution in [1.29, 1.82) is 5.26 Å². The Hall–Kier alpha value is -1.37. The van der Waals surface area contributed by atoms with Crippen molar-refractivity contribution in [3.8, 4) is 6.07 Å². The maximum Gasteiger partial charge on any atom is 0.0962 e. The Kier molecular flexibility index (Phi) is 6.31. The highest BCUT2D eigenvalue weighted by Crippen LogP contribution is 2.01. The lowest BCUT2D eigenvalue weighted by atomic mass is 10.1. The molecule has 1 rings (SSSR count). The van der Waals surface area contributed by atoms with Crippen LogP contribution in [-0.2, 0) is 6.42 Å². The molecule has 0 aliphatic heterocycles. The van der Waals surface area contributed by atoms with Crippen LogP contribution < -0.4 is 5.32 Å². The van der Waals surface area contributed by atoms with Crippen molar-refractivity contribution in [2.24, 2.45) is 0 Å². The fraction of sp³-hybridized carbons (Fsp3) is 0.500. The molecule has 1 aromatic rings. The van der Waals surface area contributed by atoms with E-state index in [1.54, 1.807) is 0 Å². The van der Waals surface area contributed by atoms with Crippen LogP contribution in [-0.4, -0.2) is 38.1 Å². The van der Waals surface area contributed by atoms with E-state index >= 15 is 0 Å². The minimum Gasteiger partial charge on any atom is -0.306 e. The topological polar surface area (TPSA) is 39.1 Å². The molecule has 0 aromatic heterocycles. The molecule has 0 radical (unpaired) electrons. The van der Waals surface area contributed by atoms with Gasteiger partial charge in [0, 0.05) is 13.1 Å². The van der Waals surface area contributed by atoms with Crippen molar-refractivity contribution in [2.45, 2.75) is 18.9 Å². The van der Waals surface area contributed by atoms with E-state index in [1.807, 2.05) is 13.1 Å². The van der Waals surface area contributed by atoms with E-state index in [0.29, 0.717) is 0 Å². The molecular weight excluding hydrogens is 210 g/mol. The summed E-state index contributed by atoms with van der Waals surface area (Å²) in [6, 6.07) is 12.7. The third kappa shape index (κ3) is 5.48. The summed E-state index contributed by atoms with van der Waals surface area (Å²) in [6.45, 7) is 1.98. The van der Waals surface area contributed by atoms with E-state index in [-0.39, 0.29) is 6.04 Å². The number of rotatable bonds is 7. The largest absolute Gasteiger partial charge is 0.306 e. The zero-order valence-electron chi connectivity index (χ0n) is 10.7. The summed E-state index contributed by atoms with van der Waals surface area (Å²) in [5.74, 6) is 0. The Labute approximate surface area is 104 Å². The molecule has 0 fully saturated rings. The molecule has 3 heteroatoms. The van der Waals surface area contributed by atoms with Crippen LogP contribution in [0.25, 0.3) is 0 Å². The van der Waals surface area contributed by atoms with Crippen molar-refractivity contribution in [2.75, 3.05) is 27.2 Å². The Morgan fingerprint density at radius 3 is 2.59 bits per heavy atom. The summed E-state index contributed by atoms with van der Waals surface area (Å²) in [4.78, 5) is 2.27. The van der Waals surface area contributed by atoms with E-state index in [1.165, 1.54) is 5.56 Å². The fourth-order valence-corrected chi connectivity index (χ4v) is 1.70. The molecule has 0 bridgehead atoms. The Balaban J connectivity index is 2.22. The van der Waals surface area contributed by atoms with Crippen molar-refractivity contribution in [1.82, 2.24) is 10.2 Å². The van der Waals surface area contributed by atoms with Crippen LogP contribution >= 0.6 is 0 Å². The van der Waals surface area contributed by atoms with Crippen molar-refractivity contribution in [3.63, 3.8) is 0 Å². The minimum absolute atomic E-state index is 0.0332.